The van der Waals surface area contributed by atoms with Gasteiger partial charge >= 0.3 is 5.97 Å². The first-order valence-corrected chi connectivity index (χ1v) is 9.60. The first kappa shape index (κ1) is 23.2. The number of nitrogens with two attached hydrogens (primary N) is 1. The van der Waals surface area contributed by atoms with Crippen LogP contribution in [0, 0.1) is 0 Å². The van der Waals surface area contributed by atoms with Gasteiger partial charge in [0.15, 0.2) is 0 Å². The molecule has 0 saturated heterocycles. The predicted octanol–water partition coefficient (Wildman–Crippen LogP) is 2.82. The van der Waals surface area contributed by atoms with Crippen LogP contribution in [0.5, 0.6) is 5.75 Å². The van der Waals surface area contributed by atoms with Crippen LogP contribution in [-0.2, 0) is 23.7 Å². The lowest BCUT2D eigenvalue weighted by atomic mass is 10.2. The summed E-state index contributed by atoms with van der Waals surface area (Å²) in [7, 11) is 0. The fourth-order valence-corrected chi connectivity index (χ4v) is 2.17. The number of rotatable bonds is 17. The molecule has 0 unspecified atom stereocenters. The first-order valence-electron chi connectivity index (χ1n) is 9.60. The van der Waals surface area contributed by atoms with Crippen molar-refractivity contribution in [2.24, 2.45) is 0 Å². The second-order valence-electron chi connectivity index (χ2n) is 5.90. The van der Waals surface area contributed by atoms with Crippen LogP contribution in [-0.4, -0.2) is 58.8 Å². The van der Waals surface area contributed by atoms with Gasteiger partial charge in [0.25, 0.3) is 0 Å². The number of ether oxygens (including phenoxy) is 5. The number of para-hydroxylation sites is 2. The Hall–Kier alpha value is -1.83. The number of carbonyl (C=O) groups excluding carboxylic acids is 1. The molecule has 7 nitrogen and oxygen atoms in total. The molecule has 0 bridgehead atoms. The molecule has 27 heavy (non-hydrogen) atoms. The van der Waals surface area contributed by atoms with Crippen molar-refractivity contribution in [1.82, 2.24) is 0 Å². The number of hydrogen-bond acceptors (Lipinski definition) is 7. The Morgan fingerprint density at radius 3 is 2.07 bits per heavy atom. The molecule has 0 radical (unpaired) electrons. The molecule has 154 valence electrons. The van der Waals surface area contributed by atoms with Crippen molar-refractivity contribution in [2.75, 3.05) is 58.6 Å². The smallest absolute Gasteiger partial charge is 0.305 e. The van der Waals surface area contributed by atoms with Crippen LogP contribution < -0.4 is 10.5 Å². The molecule has 1 rings (SSSR count). The maximum absolute atomic E-state index is 11.4. The molecule has 0 heterocycles. The molecular weight excluding hydrogens is 350 g/mol. The lowest BCUT2D eigenvalue weighted by Gasteiger charge is -2.09. The molecular formula is C20H33NO6. The predicted molar refractivity (Wildman–Crippen MR) is 104 cm³/mol. The van der Waals surface area contributed by atoms with Gasteiger partial charge in [-0.3, -0.25) is 4.79 Å². The zero-order valence-electron chi connectivity index (χ0n) is 16.3. The van der Waals surface area contributed by atoms with E-state index in [0.717, 1.165) is 19.3 Å². The summed E-state index contributed by atoms with van der Waals surface area (Å²) < 4.78 is 26.7. The summed E-state index contributed by atoms with van der Waals surface area (Å²) in [5.74, 6) is 0.514. The van der Waals surface area contributed by atoms with Gasteiger partial charge in [-0.2, -0.15) is 0 Å². The SMILES string of the molecule is CCCCCC(=O)OCCOCCOCCOCCOc1ccccc1N. The Balaban J connectivity index is 1.79. The molecule has 7 heteroatoms. The fourth-order valence-electron chi connectivity index (χ4n) is 2.17. The van der Waals surface area contributed by atoms with E-state index in [-0.39, 0.29) is 5.97 Å². The summed E-state index contributed by atoms with van der Waals surface area (Å²) in [5, 5.41) is 0. The van der Waals surface area contributed by atoms with Crippen LogP contribution >= 0.6 is 0 Å². The van der Waals surface area contributed by atoms with Crippen LogP contribution in [0.1, 0.15) is 32.6 Å². The molecule has 0 saturated carbocycles. The average molecular weight is 383 g/mol. The van der Waals surface area contributed by atoms with Crippen molar-refractivity contribution >= 4 is 11.7 Å². The van der Waals surface area contributed by atoms with E-state index >= 15 is 0 Å². The summed E-state index contributed by atoms with van der Waals surface area (Å²) in [6.07, 6.45) is 3.53. The third-order valence-electron chi connectivity index (χ3n) is 3.62. The summed E-state index contributed by atoms with van der Waals surface area (Å²) in [5.41, 5.74) is 6.39. The summed E-state index contributed by atoms with van der Waals surface area (Å²) in [6, 6.07) is 7.36. The Morgan fingerprint density at radius 2 is 1.44 bits per heavy atom. The first-order chi connectivity index (χ1) is 13.2. The molecule has 0 spiro atoms. The minimum absolute atomic E-state index is 0.153. The van der Waals surface area contributed by atoms with Gasteiger partial charge < -0.3 is 29.4 Å². The quantitative estimate of drug-likeness (QED) is 0.251. The minimum atomic E-state index is -0.153. The monoisotopic (exact) mass is 383 g/mol. The Bertz CT molecular complexity index is 497. The molecule has 0 fully saturated rings. The number of carbonyl (C=O) groups is 1. The van der Waals surface area contributed by atoms with Gasteiger partial charge in [0.1, 0.15) is 19.0 Å². The van der Waals surface area contributed by atoms with Crippen molar-refractivity contribution in [3.63, 3.8) is 0 Å². The topological polar surface area (TPSA) is 89.2 Å². The molecule has 0 aromatic heterocycles. The zero-order valence-corrected chi connectivity index (χ0v) is 16.3. The van der Waals surface area contributed by atoms with Gasteiger partial charge in [-0.05, 0) is 18.6 Å². The number of benzene rings is 1. The van der Waals surface area contributed by atoms with E-state index in [2.05, 4.69) is 6.92 Å². The largest absolute Gasteiger partial charge is 0.489 e. The summed E-state index contributed by atoms with van der Waals surface area (Å²) >= 11 is 0. The normalized spacial score (nSPS) is 10.7. The fraction of sp³-hybridized carbons (Fsp3) is 0.650. The van der Waals surface area contributed by atoms with Gasteiger partial charge in [-0.15, -0.1) is 0 Å². The number of esters is 1. The lowest BCUT2D eigenvalue weighted by molar-refractivity contribution is -0.145. The highest BCUT2D eigenvalue weighted by molar-refractivity contribution is 5.69. The van der Waals surface area contributed by atoms with E-state index in [1.165, 1.54) is 0 Å². The van der Waals surface area contributed by atoms with E-state index < -0.39 is 0 Å². The average Bonchev–Trinajstić information content (AvgIpc) is 2.67. The third kappa shape index (κ3) is 13.1. The van der Waals surface area contributed by atoms with Crippen LogP contribution in [0.25, 0.3) is 0 Å². The van der Waals surface area contributed by atoms with E-state index in [9.17, 15) is 4.79 Å². The molecule has 1 aromatic carbocycles. The van der Waals surface area contributed by atoms with Gasteiger partial charge in [-0.25, -0.2) is 0 Å². The van der Waals surface area contributed by atoms with Gasteiger partial charge in [-0.1, -0.05) is 31.9 Å². The van der Waals surface area contributed by atoms with Gasteiger partial charge in [0.05, 0.1) is 45.3 Å². The Morgan fingerprint density at radius 1 is 0.852 bits per heavy atom. The van der Waals surface area contributed by atoms with Crippen LogP contribution in [0.4, 0.5) is 5.69 Å². The lowest BCUT2D eigenvalue weighted by Crippen LogP contribution is -2.15. The van der Waals surface area contributed by atoms with Crippen LogP contribution in [0.15, 0.2) is 24.3 Å². The molecule has 0 aliphatic rings. The van der Waals surface area contributed by atoms with E-state index in [1.54, 1.807) is 6.07 Å². The maximum Gasteiger partial charge on any atom is 0.305 e. The number of anilines is 1. The molecule has 0 aliphatic heterocycles. The maximum atomic E-state index is 11.4. The van der Waals surface area contributed by atoms with Crippen molar-refractivity contribution in [2.45, 2.75) is 32.6 Å². The van der Waals surface area contributed by atoms with Crippen molar-refractivity contribution < 1.29 is 28.5 Å². The van der Waals surface area contributed by atoms with Crippen molar-refractivity contribution in [1.29, 1.82) is 0 Å². The molecule has 2 N–H and O–H groups in total. The molecule has 1 aromatic rings. The highest BCUT2D eigenvalue weighted by atomic mass is 16.6. The van der Waals surface area contributed by atoms with Gasteiger partial charge in [0.2, 0.25) is 0 Å². The van der Waals surface area contributed by atoms with E-state index in [1.807, 2.05) is 18.2 Å². The zero-order chi connectivity index (χ0) is 19.6. The summed E-state index contributed by atoms with van der Waals surface area (Å²) in [4.78, 5) is 11.4. The Kier molecular flexibility index (Phi) is 14.1. The molecule has 0 aliphatic carbocycles. The Labute approximate surface area is 162 Å². The third-order valence-corrected chi connectivity index (χ3v) is 3.62. The van der Waals surface area contributed by atoms with E-state index in [0.29, 0.717) is 70.7 Å². The van der Waals surface area contributed by atoms with Crippen LogP contribution in [0.3, 0.4) is 0 Å². The standard InChI is InChI=1S/C20H33NO6/c1-2-3-4-9-20(22)27-17-15-25-13-11-23-10-12-24-14-16-26-19-8-6-5-7-18(19)21/h5-8H,2-4,9-17,21H2,1H3. The summed E-state index contributed by atoms with van der Waals surface area (Å²) in [6.45, 7) is 5.61. The number of hydrogen-bond donors (Lipinski definition) is 1. The highest BCUT2D eigenvalue weighted by Crippen LogP contribution is 2.19. The molecule has 0 amide bonds. The second kappa shape index (κ2) is 16.4. The molecule has 0 atom stereocenters. The minimum Gasteiger partial charge on any atom is -0.489 e. The van der Waals surface area contributed by atoms with E-state index in [4.69, 9.17) is 29.4 Å². The number of nitrogen functional groups attached to an aromatic ring is 1. The van der Waals surface area contributed by atoms with Crippen molar-refractivity contribution in [3.05, 3.63) is 24.3 Å². The number of unbranched alkanes of at least 4 members (excludes halogenated alkanes) is 2. The second-order valence-corrected chi connectivity index (χ2v) is 5.90. The van der Waals surface area contributed by atoms with Crippen molar-refractivity contribution in [3.8, 4) is 5.75 Å². The van der Waals surface area contributed by atoms with Crippen LogP contribution in [0.2, 0.25) is 0 Å². The van der Waals surface area contributed by atoms with Gasteiger partial charge in [0, 0.05) is 6.42 Å². The highest BCUT2D eigenvalue weighted by Gasteiger charge is 2.02.